The first-order valence-corrected chi connectivity index (χ1v) is 13.8. The van der Waals surface area contributed by atoms with E-state index in [0.29, 0.717) is 31.7 Å². The van der Waals surface area contributed by atoms with Gasteiger partial charge in [0.1, 0.15) is 36.6 Å². The largest absolute Gasteiger partial charge is 0.492 e. The Morgan fingerprint density at radius 3 is 2.32 bits per heavy atom. The highest BCUT2D eigenvalue weighted by atomic mass is 16.5. The molecule has 0 aliphatic carbocycles. The lowest BCUT2D eigenvalue weighted by Gasteiger charge is -2.36. The molecular formula is C30H47N3O4. The maximum absolute atomic E-state index is 10.2. The molecule has 0 spiro atoms. The van der Waals surface area contributed by atoms with Crippen LogP contribution in [0, 0.1) is 6.92 Å². The van der Waals surface area contributed by atoms with Gasteiger partial charge in [0.2, 0.25) is 0 Å². The number of piperazine rings is 1. The van der Waals surface area contributed by atoms with Gasteiger partial charge in [-0.1, -0.05) is 39.8 Å². The summed E-state index contributed by atoms with van der Waals surface area (Å²) in [6, 6.07) is 12.8. The van der Waals surface area contributed by atoms with Crippen LogP contribution in [0.25, 0.3) is 0 Å². The number of para-hydroxylation sites is 2. The van der Waals surface area contributed by atoms with E-state index in [1.807, 2.05) is 19.9 Å². The Morgan fingerprint density at radius 2 is 1.65 bits per heavy atom. The van der Waals surface area contributed by atoms with Crippen molar-refractivity contribution >= 4 is 5.69 Å². The number of nitrogens with one attached hydrogen (secondary N) is 1. The van der Waals surface area contributed by atoms with Gasteiger partial charge in [0.05, 0.1) is 12.3 Å². The summed E-state index contributed by atoms with van der Waals surface area (Å²) in [4.78, 5) is 4.88. The molecule has 0 saturated carbocycles. The van der Waals surface area contributed by atoms with Gasteiger partial charge < -0.3 is 29.5 Å². The van der Waals surface area contributed by atoms with Crippen LogP contribution >= 0.6 is 0 Å². The Morgan fingerprint density at radius 1 is 0.919 bits per heavy atom. The Bertz CT molecular complexity index is 958. The molecule has 1 atom stereocenters. The fourth-order valence-electron chi connectivity index (χ4n) is 4.52. The Balaban J connectivity index is 1.51. The van der Waals surface area contributed by atoms with Crippen LogP contribution in [0.1, 0.15) is 51.7 Å². The van der Waals surface area contributed by atoms with Gasteiger partial charge >= 0.3 is 0 Å². The lowest BCUT2D eigenvalue weighted by molar-refractivity contribution is 0.104. The van der Waals surface area contributed by atoms with Crippen molar-refractivity contribution in [2.45, 2.75) is 59.6 Å². The smallest absolute Gasteiger partial charge is 0.142 e. The van der Waals surface area contributed by atoms with Crippen LogP contribution in [-0.4, -0.2) is 81.2 Å². The number of hydrogen-bond donors (Lipinski definition) is 2. The fraction of sp³-hybridized carbons (Fsp3) is 0.600. The average Bonchev–Trinajstić information content (AvgIpc) is 2.87. The molecule has 2 aromatic rings. The van der Waals surface area contributed by atoms with Gasteiger partial charge in [0.15, 0.2) is 0 Å². The van der Waals surface area contributed by atoms with Crippen LogP contribution in [0.15, 0.2) is 36.4 Å². The van der Waals surface area contributed by atoms with Crippen LogP contribution in [-0.2, 0) is 0 Å². The number of nitrogens with zero attached hydrogens (tertiary/aromatic N) is 2. The second-order valence-electron chi connectivity index (χ2n) is 10.4. The van der Waals surface area contributed by atoms with Gasteiger partial charge in [-0.15, -0.1) is 0 Å². The summed E-state index contributed by atoms with van der Waals surface area (Å²) in [5.74, 6) is 3.00. The summed E-state index contributed by atoms with van der Waals surface area (Å²) in [5.41, 5.74) is 3.33. The third-order valence-electron chi connectivity index (χ3n) is 6.67. The van der Waals surface area contributed by atoms with E-state index in [9.17, 15) is 5.11 Å². The van der Waals surface area contributed by atoms with Gasteiger partial charge in [-0.2, -0.15) is 0 Å². The number of aryl methyl sites for hydroxylation is 1. The summed E-state index contributed by atoms with van der Waals surface area (Å²) in [6.07, 6.45) is -0.548. The number of hydrogen-bond acceptors (Lipinski definition) is 7. The predicted octanol–water partition coefficient (Wildman–Crippen LogP) is 4.46. The topological polar surface area (TPSA) is 66.4 Å². The molecule has 1 aliphatic heterocycles. The summed E-state index contributed by atoms with van der Waals surface area (Å²) < 4.78 is 18.1. The molecule has 37 heavy (non-hydrogen) atoms. The molecule has 1 aliphatic rings. The Kier molecular flexibility index (Phi) is 11.4. The minimum absolute atomic E-state index is 0.263. The van der Waals surface area contributed by atoms with Gasteiger partial charge in [-0.3, -0.25) is 4.90 Å². The van der Waals surface area contributed by atoms with Gasteiger partial charge in [-0.05, 0) is 49.6 Å². The molecule has 0 bridgehead atoms. The molecule has 2 aromatic carbocycles. The molecular weight excluding hydrogens is 466 g/mol. The molecule has 3 rings (SSSR count). The lowest BCUT2D eigenvalue weighted by atomic mass is 10.00. The van der Waals surface area contributed by atoms with E-state index < -0.39 is 6.10 Å². The second kappa shape index (κ2) is 14.5. The minimum Gasteiger partial charge on any atom is -0.492 e. The van der Waals surface area contributed by atoms with Crippen molar-refractivity contribution in [2.24, 2.45) is 0 Å². The normalized spacial score (nSPS) is 15.3. The highest BCUT2D eigenvalue weighted by molar-refractivity contribution is 5.58. The van der Waals surface area contributed by atoms with Gasteiger partial charge in [-0.25, -0.2) is 0 Å². The van der Waals surface area contributed by atoms with Crippen LogP contribution in [0.2, 0.25) is 0 Å². The van der Waals surface area contributed by atoms with Crippen molar-refractivity contribution in [1.29, 1.82) is 0 Å². The quantitative estimate of drug-likeness (QED) is 0.387. The van der Waals surface area contributed by atoms with Crippen LogP contribution in [0.4, 0.5) is 5.69 Å². The van der Waals surface area contributed by atoms with Gasteiger partial charge in [0.25, 0.3) is 0 Å². The summed E-state index contributed by atoms with van der Waals surface area (Å²) in [6.45, 7) is 19.5. The number of aliphatic hydroxyl groups excluding tert-OH is 1. The highest BCUT2D eigenvalue weighted by Crippen LogP contribution is 2.34. The Hall–Kier alpha value is -2.48. The van der Waals surface area contributed by atoms with E-state index in [0.717, 1.165) is 61.1 Å². The van der Waals surface area contributed by atoms with Crippen molar-refractivity contribution in [3.8, 4) is 17.2 Å². The summed E-state index contributed by atoms with van der Waals surface area (Å²) in [5, 5.41) is 13.5. The van der Waals surface area contributed by atoms with E-state index in [4.69, 9.17) is 14.2 Å². The molecule has 2 N–H and O–H groups in total. The van der Waals surface area contributed by atoms with Crippen molar-refractivity contribution in [3.05, 3.63) is 47.5 Å². The molecule has 1 unspecified atom stereocenters. The maximum Gasteiger partial charge on any atom is 0.142 e. The van der Waals surface area contributed by atoms with Crippen molar-refractivity contribution in [2.75, 3.05) is 64.0 Å². The molecule has 7 heteroatoms. The SMILES string of the molecule is CCOc1ccccc1N1CCN(CCOc2cc(C)c(OCC(O)CNC(C)C)cc2C(C)C)CC1. The zero-order valence-electron chi connectivity index (χ0n) is 23.6. The first kappa shape index (κ1) is 29.1. The zero-order chi connectivity index (χ0) is 26.8. The van der Waals surface area contributed by atoms with Crippen LogP contribution < -0.4 is 24.4 Å². The predicted molar refractivity (Wildman–Crippen MR) is 152 cm³/mol. The number of anilines is 1. The minimum atomic E-state index is -0.548. The molecule has 1 fully saturated rings. The van der Waals surface area contributed by atoms with Crippen molar-refractivity contribution in [3.63, 3.8) is 0 Å². The van der Waals surface area contributed by atoms with Crippen molar-refractivity contribution in [1.82, 2.24) is 10.2 Å². The van der Waals surface area contributed by atoms with Crippen LogP contribution in [0.5, 0.6) is 17.2 Å². The molecule has 7 nitrogen and oxygen atoms in total. The monoisotopic (exact) mass is 513 g/mol. The second-order valence-corrected chi connectivity index (χ2v) is 10.4. The third-order valence-corrected chi connectivity index (χ3v) is 6.67. The lowest BCUT2D eigenvalue weighted by Crippen LogP contribution is -2.47. The first-order valence-electron chi connectivity index (χ1n) is 13.8. The number of rotatable bonds is 14. The first-order chi connectivity index (χ1) is 17.8. The Labute approximate surface area is 223 Å². The van der Waals surface area contributed by atoms with E-state index >= 15 is 0 Å². The molecule has 206 valence electrons. The van der Waals surface area contributed by atoms with Crippen molar-refractivity contribution < 1.29 is 19.3 Å². The third kappa shape index (κ3) is 8.80. The van der Waals surface area contributed by atoms with Crippen LogP contribution in [0.3, 0.4) is 0 Å². The zero-order valence-corrected chi connectivity index (χ0v) is 23.6. The average molecular weight is 514 g/mol. The highest BCUT2D eigenvalue weighted by Gasteiger charge is 2.20. The molecule has 1 saturated heterocycles. The molecule has 1 heterocycles. The summed E-state index contributed by atoms with van der Waals surface area (Å²) in [7, 11) is 0. The molecule has 0 amide bonds. The van der Waals surface area contributed by atoms with Gasteiger partial charge in [0, 0.05) is 50.9 Å². The van der Waals surface area contributed by atoms with E-state index in [-0.39, 0.29) is 6.61 Å². The standard InChI is InChI=1S/C30H47N3O4/c1-7-35-28-11-9-8-10-27(28)33-14-12-32(13-15-33)16-17-36-30-18-24(6)29(19-26(30)22(2)3)37-21-25(34)20-31-23(4)5/h8-11,18-19,22-23,25,31,34H,7,12-17,20-21H2,1-6H3. The number of benzene rings is 2. The molecule has 0 radical (unpaired) electrons. The molecule has 0 aromatic heterocycles. The fourth-order valence-corrected chi connectivity index (χ4v) is 4.52. The number of aliphatic hydroxyl groups is 1. The van der Waals surface area contributed by atoms with E-state index in [1.54, 1.807) is 0 Å². The maximum atomic E-state index is 10.2. The van der Waals surface area contributed by atoms with E-state index in [2.05, 4.69) is 73.1 Å². The van der Waals surface area contributed by atoms with E-state index in [1.165, 1.54) is 5.69 Å². The summed E-state index contributed by atoms with van der Waals surface area (Å²) >= 11 is 0. The number of ether oxygens (including phenoxy) is 3.